The van der Waals surface area contributed by atoms with E-state index in [1.165, 1.54) is 55.0 Å². The number of anilines is 1. The van der Waals surface area contributed by atoms with Gasteiger partial charge in [0.25, 0.3) is 5.91 Å². The predicted molar refractivity (Wildman–Crippen MR) is 130 cm³/mol. The van der Waals surface area contributed by atoms with E-state index in [-0.39, 0.29) is 34.9 Å². The van der Waals surface area contributed by atoms with Gasteiger partial charge in [-0.2, -0.15) is 0 Å². The fraction of sp³-hybridized carbons (Fsp3) is 0.320. The lowest BCUT2D eigenvalue weighted by Gasteiger charge is -2.48. The standard InChI is InChI=1S/C25H27FN6O4/c1-16(23(34)30-20-13-29-22(14-27-20)36-19-7-5-18(26)6-8-19)31-10-11-32(25(2,3)15-31)24(35)17-4-9-21(33)28-12-17/h4-9,12-14,16H,10-11,15H2,1-3H3,(H,28,33)(H,27,30,34)/t16-/m0/s1. The number of benzene rings is 1. The lowest BCUT2D eigenvalue weighted by Crippen LogP contribution is -2.63. The number of halogens is 1. The first-order chi connectivity index (χ1) is 17.1. The minimum absolute atomic E-state index is 0.175. The number of hydrogen-bond acceptors (Lipinski definition) is 7. The highest BCUT2D eigenvalue weighted by atomic mass is 19.1. The van der Waals surface area contributed by atoms with Gasteiger partial charge in [0.1, 0.15) is 11.6 Å². The maximum absolute atomic E-state index is 13.0. The number of nitrogens with zero attached hydrogens (tertiary/aromatic N) is 4. The second-order valence-corrected chi connectivity index (χ2v) is 9.14. The molecule has 0 spiro atoms. The van der Waals surface area contributed by atoms with Crippen LogP contribution in [0.1, 0.15) is 31.1 Å². The Balaban J connectivity index is 1.34. The summed E-state index contributed by atoms with van der Waals surface area (Å²) in [6.07, 6.45) is 4.17. The largest absolute Gasteiger partial charge is 0.438 e. The third-order valence-electron chi connectivity index (χ3n) is 6.05. The van der Waals surface area contributed by atoms with Crippen LogP contribution in [-0.2, 0) is 4.79 Å². The molecule has 0 unspecified atom stereocenters. The Morgan fingerprint density at radius 3 is 2.47 bits per heavy atom. The molecule has 1 fully saturated rings. The summed E-state index contributed by atoms with van der Waals surface area (Å²) in [5.41, 5.74) is -0.401. The zero-order valence-corrected chi connectivity index (χ0v) is 20.2. The zero-order chi connectivity index (χ0) is 25.9. The summed E-state index contributed by atoms with van der Waals surface area (Å²) in [6.45, 7) is 7.09. The first-order valence-corrected chi connectivity index (χ1v) is 11.4. The first-order valence-electron chi connectivity index (χ1n) is 11.4. The molecule has 1 aliphatic heterocycles. The van der Waals surface area contributed by atoms with Crippen molar-refractivity contribution >= 4 is 17.6 Å². The molecule has 10 nitrogen and oxygen atoms in total. The Morgan fingerprint density at radius 1 is 1.11 bits per heavy atom. The van der Waals surface area contributed by atoms with E-state index in [0.717, 1.165) is 0 Å². The van der Waals surface area contributed by atoms with Crippen molar-refractivity contribution in [3.63, 3.8) is 0 Å². The van der Waals surface area contributed by atoms with Crippen LogP contribution >= 0.6 is 0 Å². The van der Waals surface area contributed by atoms with Gasteiger partial charge in [0.2, 0.25) is 17.3 Å². The van der Waals surface area contributed by atoms with E-state index < -0.39 is 11.6 Å². The normalized spacial score (nSPS) is 16.3. The lowest BCUT2D eigenvalue weighted by atomic mass is 9.96. The van der Waals surface area contributed by atoms with E-state index >= 15 is 0 Å². The fourth-order valence-corrected chi connectivity index (χ4v) is 4.05. The highest BCUT2D eigenvalue weighted by Crippen LogP contribution is 2.25. The summed E-state index contributed by atoms with van der Waals surface area (Å²) in [5.74, 6) is 0.0868. The topological polar surface area (TPSA) is 121 Å². The number of rotatable bonds is 6. The molecule has 3 heterocycles. The third-order valence-corrected chi connectivity index (χ3v) is 6.05. The molecule has 36 heavy (non-hydrogen) atoms. The van der Waals surface area contributed by atoms with Gasteiger partial charge in [-0.15, -0.1) is 0 Å². The molecule has 1 atom stereocenters. The number of carbonyl (C=O) groups is 2. The molecule has 1 aliphatic rings. The van der Waals surface area contributed by atoms with Gasteiger partial charge in [0, 0.05) is 31.9 Å². The summed E-state index contributed by atoms with van der Waals surface area (Å²) < 4.78 is 18.5. The van der Waals surface area contributed by atoms with Gasteiger partial charge in [0.05, 0.1) is 29.5 Å². The molecule has 3 aromatic rings. The van der Waals surface area contributed by atoms with E-state index in [9.17, 15) is 18.8 Å². The van der Waals surface area contributed by atoms with Crippen LogP contribution in [0.25, 0.3) is 0 Å². The molecule has 11 heteroatoms. The molecule has 4 rings (SSSR count). The summed E-state index contributed by atoms with van der Waals surface area (Å²) in [4.78, 5) is 51.8. The number of amides is 2. The minimum Gasteiger partial charge on any atom is -0.438 e. The van der Waals surface area contributed by atoms with Gasteiger partial charge in [-0.05, 0) is 51.1 Å². The van der Waals surface area contributed by atoms with Gasteiger partial charge < -0.3 is 19.9 Å². The molecule has 2 aromatic heterocycles. The van der Waals surface area contributed by atoms with Crippen LogP contribution in [0.4, 0.5) is 10.2 Å². The number of carbonyl (C=O) groups excluding carboxylic acids is 2. The van der Waals surface area contributed by atoms with Gasteiger partial charge in [-0.25, -0.2) is 14.4 Å². The van der Waals surface area contributed by atoms with Crippen LogP contribution in [0.15, 0.2) is 59.8 Å². The summed E-state index contributed by atoms with van der Waals surface area (Å²) in [7, 11) is 0. The SMILES string of the molecule is C[C@@H](C(=O)Nc1cnc(Oc2ccc(F)cc2)cn1)N1CCN(C(=O)c2ccc(=O)[nH]c2)C(C)(C)C1. The average molecular weight is 495 g/mol. The van der Waals surface area contributed by atoms with Crippen molar-refractivity contribution in [2.45, 2.75) is 32.4 Å². The lowest BCUT2D eigenvalue weighted by molar-refractivity contribution is -0.122. The van der Waals surface area contributed by atoms with Crippen molar-refractivity contribution in [3.05, 3.63) is 76.7 Å². The summed E-state index contributed by atoms with van der Waals surface area (Å²) in [6, 6.07) is 7.86. The predicted octanol–water partition coefficient (Wildman–Crippen LogP) is 2.66. The molecular formula is C25H27FN6O4. The third kappa shape index (κ3) is 5.74. The molecule has 0 bridgehead atoms. The average Bonchev–Trinajstić information content (AvgIpc) is 2.85. The molecule has 0 radical (unpaired) electrons. The molecule has 0 saturated carbocycles. The van der Waals surface area contributed by atoms with Crippen molar-refractivity contribution < 1.29 is 18.7 Å². The zero-order valence-electron chi connectivity index (χ0n) is 20.2. The van der Waals surface area contributed by atoms with E-state index in [2.05, 4.69) is 20.3 Å². The number of nitrogens with one attached hydrogen (secondary N) is 2. The van der Waals surface area contributed by atoms with Crippen molar-refractivity contribution in [2.75, 3.05) is 25.0 Å². The van der Waals surface area contributed by atoms with Crippen molar-refractivity contribution in [1.82, 2.24) is 24.8 Å². The first kappa shape index (κ1) is 25.0. The Morgan fingerprint density at radius 2 is 1.86 bits per heavy atom. The molecule has 0 aliphatic carbocycles. The van der Waals surface area contributed by atoms with Crippen LogP contribution in [0, 0.1) is 5.82 Å². The molecular weight excluding hydrogens is 467 g/mol. The number of H-pyrrole nitrogens is 1. The van der Waals surface area contributed by atoms with E-state index in [1.54, 1.807) is 11.8 Å². The summed E-state index contributed by atoms with van der Waals surface area (Å²) >= 11 is 0. The van der Waals surface area contributed by atoms with E-state index in [1.807, 2.05) is 18.7 Å². The van der Waals surface area contributed by atoms with Crippen LogP contribution in [0.2, 0.25) is 0 Å². The van der Waals surface area contributed by atoms with E-state index in [4.69, 9.17) is 4.74 Å². The smallest absolute Gasteiger partial charge is 0.255 e. The minimum atomic E-state index is -0.543. The maximum atomic E-state index is 13.0. The van der Waals surface area contributed by atoms with Crippen molar-refractivity contribution in [3.8, 4) is 11.6 Å². The molecule has 1 aromatic carbocycles. The highest BCUT2D eigenvalue weighted by Gasteiger charge is 2.39. The fourth-order valence-electron chi connectivity index (χ4n) is 4.05. The molecule has 188 valence electrons. The van der Waals surface area contributed by atoms with E-state index in [0.29, 0.717) is 30.9 Å². The molecule has 2 N–H and O–H groups in total. The Hall–Kier alpha value is -4.12. The number of hydrogen-bond donors (Lipinski definition) is 2. The monoisotopic (exact) mass is 494 g/mol. The van der Waals surface area contributed by atoms with Gasteiger partial charge >= 0.3 is 0 Å². The molecule has 2 amide bonds. The Kier molecular flexibility index (Phi) is 7.11. The van der Waals surface area contributed by atoms with Crippen molar-refractivity contribution in [2.24, 2.45) is 0 Å². The number of pyridine rings is 1. The number of ether oxygens (including phenoxy) is 1. The quantitative estimate of drug-likeness (QED) is 0.541. The molecule has 1 saturated heterocycles. The van der Waals surface area contributed by atoms with Crippen molar-refractivity contribution in [1.29, 1.82) is 0 Å². The number of piperazine rings is 1. The second-order valence-electron chi connectivity index (χ2n) is 9.14. The maximum Gasteiger partial charge on any atom is 0.255 e. The van der Waals surface area contributed by atoms with Crippen LogP contribution in [0.3, 0.4) is 0 Å². The van der Waals surface area contributed by atoms with Gasteiger partial charge in [-0.3, -0.25) is 19.3 Å². The summed E-state index contributed by atoms with van der Waals surface area (Å²) in [5, 5.41) is 2.76. The highest BCUT2D eigenvalue weighted by molar-refractivity contribution is 5.95. The van der Waals surface area contributed by atoms with Crippen LogP contribution in [-0.4, -0.2) is 67.8 Å². The number of aromatic amines is 1. The number of aromatic nitrogens is 3. The van der Waals surface area contributed by atoms with Crippen LogP contribution in [0.5, 0.6) is 11.6 Å². The van der Waals surface area contributed by atoms with Gasteiger partial charge in [0.15, 0.2) is 5.82 Å². The van der Waals surface area contributed by atoms with Gasteiger partial charge in [-0.1, -0.05) is 0 Å². The Labute approximate surface area is 207 Å². The Bertz CT molecular complexity index is 1270. The van der Waals surface area contributed by atoms with Crippen LogP contribution < -0.4 is 15.6 Å². The second kappa shape index (κ2) is 10.2.